The standard InChI is InChI=1S/C14H14ClN3O3S/c1-2-7-18-12(16-17-14(18)22-9-13(19)20)8-21-11-6-4-3-5-10(11)15/h2-6H,1,7-9H2,(H,19,20). The Morgan fingerprint density at radius 2 is 2.23 bits per heavy atom. The number of benzene rings is 1. The van der Waals surface area contributed by atoms with Crippen LogP contribution in [0.25, 0.3) is 0 Å². The Kier molecular flexibility index (Phi) is 5.85. The van der Waals surface area contributed by atoms with Crippen molar-refractivity contribution in [2.75, 3.05) is 5.75 Å². The number of carbonyl (C=O) groups is 1. The van der Waals surface area contributed by atoms with Gasteiger partial charge < -0.3 is 9.84 Å². The van der Waals surface area contributed by atoms with Crippen LogP contribution in [0.15, 0.2) is 42.1 Å². The number of rotatable bonds is 8. The quantitative estimate of drug-likeness (QED) is 0.588. The second-order valence-corrected chi connectivity index (χ2v) is 5.55. The summed E-state index contributed by atoms with van der Waals surface area (Å²) in [5, 5.41) is 17.8. The van der Waals surface area contributed by atoms with Crippen LogP contribution in [0.5, 0.6) is 5.75 Å². The summed E-state index contributed by atoms with van der Waals surface area (Å²) < 4.78 is 7.39. The van der Waals surface area contributed by atoms with Gasteiger partial charge in [0.2, 0.25) is 0 Å². The molecule has 0 amide bonds. The van der Waals surface area contributed by atoms with Gasteiger partial charge in [0.15, 0.2) is 11.0 Å². The molecule has 0 atom stereocenters. The number of allylic oxidation sites excluding steroid dienone is 1. The molecular weight excluding hydrogens is 326 g/mol. The first-order valence-electron chi connectivity index (χ1n) is 6.36. The number of carboxylic acid groups (broad SMARTS) is 1. The zero-order valence-electron chi connectivity index (χ0n) is 11.6. The average Bonchev–Trinajstić information content (AvgIpc) is 2.87. The molecule has 116 valence electrons. The Balaban J connectivity index is 2.11. The predicted molar refractivity (Wildman–Crippen MR) is 84.4 cm³/mol. The number of thioether (sulfide) groups is 1. The first-order chi connectivity index (χ1) is 10.6. The third kappa shape index (κ3) is 4.25. The first kappa shape index (κ1) is 16.4. The SMILES string of the molecule is C=CCn1c(COc2ccccc2Cl)nnc1SCC(=O)O. The topological polar surface area (TPSA) is 77.2 Å². The van der Waals surface area contributed by atoms with Gasteiger partial charge >= 0.3 is 5.97 Å². The lowest BCUT2D eigenvalue weighted by Gasteiger charge is -2.09. The maximum Gasteiger partial charge on any atom is 0.313 e. The first-order valence-corrected chi connectivity index (χ1v) is 7.73. The maximum atomic E-state index is 10.7. The van der Waals surface area contributed by atoms with Crippen molar-refractivity contribution >= 4 is 29.3 Å². The van der Waals surface area contributed by atoms with E-state index in [9.17, 15) is 4.79 Å². The van der Waals surface area contributed by atoms with Gasteiger partial charge in [-0.3, -0.25) is 9.36 Å². The van der Waals surface area contributed by atoms with Crippen molar-refractivity contribution in [3.8, 4) is 5.75 Å². The molecule has 0 saturated heterocycles. The predicted octanol–water partition coefficient (Wildman–Crippen LogP) is 2.87. The van der Waals surface area contributed by atoms with Gasteiger partial charge in [-0.25, -0.2) is 0 Å². The maximum absolute atomic E-state index is 10.7. The van der Waals surface area contributed by atoms with Gasteiger partial charge in [-0.2, -0.15) is 0 Å². The molecule has 0 spiro atoms. The number of hydrogen-bond donors (Lipinski definition) is 1. The number of aromatic nitrogens is 3. The van der Waals surface area contributed by atoms with Crippen molar-refractivity contribution in [2.45, 2.75) is 18.3 Å². The number of para-hydroxylation sites is 1. The monoisotopic (exact) mass is 339 g/mol. The molecule has 6 nitrogen and oxygen atoms in total. The van der Waals surface area contributed by atoms with Gasteiger partial charge in [-0.1, -0.05) is 41.6 Å². The lowest BCUT2D eigenvalue weighted by molar-refractivity contribution is -0.133. The molecule has 0 unspecified atom stereocenters. The largest absolute Gasteiger partial charge is 0.484 e. The second kappa shape index (κ2) is 7.86. The molecule has 1 heterocycles. The van der Waals surface area contributed by atoms with Gasteiger partial charge in [0.05, 0.1) is 10.8 Å². The summed E-state index contributed by atoms with van der Waals surface area (Å²) in [5.74, 6) is 0.137. The van der Waals surface area contributed by atoms with Gasteiger partial charge in [-0.15, -0.1) is 16.8 Å². The Hall–Kier alpha value is -1.99. The van der Waals surface area contributed by atoms with Crippen molar-refractivity contribution in [1.29, 1.82) is 0 Å². The Morgan fingerprint density at radius 1 is 1.45 bits per heavy atom. The van der Waals surface area contributed by atoms with Crippen molar-refractivity contribution in [1.82, 2.24) is 14.8 Å². The Bertz CT molecular complexity index is 675. The normalized spacial score (nSPS) is 10.4. The molecule has 2 rings (SSSR count). The van der Waals surface area contributed by atoms with Crippen LogP contribution in [0, 0.1) is 0 Å². The fourth-order valence-electron chi connectivity index (χ4n) is 1.68. The third-order valence-electron chi connectivity index (χ3n) is 2.62. The van der Waals surface area contributed by atoms with E-state index in [0.717, 1.165) is 11.8 Å². The van der Waals surface area contributed by atoms with Crippen LogP contribution in [-0.4, -0.2) is 31.6 Å². The number of nitrogens with zero attached hydrogens (tertiary/aromatic N) is 3. The van der Waals surface area contributed by atoms with E-state index < -0.39 is 5.97 Å². The molecule has 22 heavy (non-hydrogen) atoms. The fourth-order valence-corrected chi connectivity index (χ4v) is 2.55. The third-order valence-corrected chi connectivity index (χ3v) is 3.89. The summed E-state index contributed by atoms with van der Waals surface area (Å²) in [5.41, 5.74) is 0. The van der Waals surface area contributed by atoms with E-state index in [2.05, 4.69) is 16.8 Å². The van der Waals surface area contributed by atoms with Crippen molar-refractivity contribution < 1.29 is 14.6 Å². The van der Waals surface area contributed by atoms with Crippen LogP contribution < -0.4 is 4.74 Å². The Morgan fingerprint density at radius 3 is 2.91 bits per heavy atom. The van der Waals surface area contributed by atoms with Crippen molar-refractivity contribution in [2.24, 2.45) is 0 Å². The van der Waals surface area contributed by atoms with Crippen LogP contribution >= 0.6 is 23.4 Å². The van der Waals surface area contributed by atoms with Gasteiger partial charge in [0, 0.05) is 6.54 Å². The van der Waals surface area contributed by atoms with E-state index in [1.807, 2.05) is 12.1 Å². The molecule has 0 aliphatic carbocycles. The second-order valence-electron chi connectivity index (χ2n) is 4.20. The molecule has 1 aromatic carbocycles. The highest BCUT2D eigenvalue weighted by atomic mass is 35.5. The minimum Gasteiger partial charge on any atom is -0.484 e. The fraction of sp³-hybridized carbons (Fsp3) is 0.214. The minimum absolute atomic E-state index is 0.0827. The van der Waals surface area contributed by atoms with E-state index in [1.54, 1.807) is 22.8 Å². The van der Waals surface area contributed by atoms with E-state index in [-0.39, 0.29) is 12.4 Å². The number of carboxylic acids is 1. The molecular formula is C14H14ClN3O3S. The molecule has 8 heteroatoms. The van der Waals surface area contributed by atoms with Crippen LogP contribution in [0.2, 0.25) is 5.02 Å². The highest BCUT2D eigenvalue weighted by Gasteiger charge is 2.14. The molecule has 0 aliphatic rings. The molecule has 0 fully saturated rings. The van der Waals surface area contributed by atoms with E-state index >= 15 is 0 Å². The van der Waals surface area contributed by atoms with E-state index in [1.165, 1.54) is 0 Å². The smallest absolute Gasteiger partial charge is 0.313 e. The lowest BCUT2D eigenvalue weighted by atomic mass is 10.3. The highest BCUT2D eigenvalue weighted by molar-refractivity contribution is 7.99. The van der Waals surface area contributed by atoms with Crippen molar-refractivity contribution in [3.63, 3.8) is 0 Å². The summed E-state index contributed by atoms with van der Waals surface area (Å²) in [4.78, 5) is 10.7. The number of aliphatic carboxylic acids is 1. The molecule has 0 radical (unpaired) electrons. The minimum atomic E-state index is -0.910. The summed E-state index contributed by atoms with van der Waals surface area (Å²) >= 11 is 7.13. The molecule has 0 aliphatic heterocycles. The van der Waals surface area contributed by atoms with Crippen molar-refractivity contribution in [3.05, 3.63) is 47.8 Å². The molecule has 0 bridgehead atoms. The Labute approximate surface area is 136 Å². The van der Waals surface area contributed by atoms with Gasteiger partial charge in [-0.05, 0) is 12.1 Å². The summed E-state index contributed by atoms with van der Waals surface area (Å²) in [6.07, 6.45) is 1.69. The van der Waals surface area contributed by atoms with Gasteiger partial charge in [0.1, 0.15) is 12.4 Å². The highest BCUT2D eigenvalue weighted by Crippen LogP contribution is 2.24. The van der Waals surface area contributed by atoms with E-state index in [0.29, 0.717) is 28.3 Å². The zero-order valence-corrected chi connectivity index (χ0v) is 13.2. The van der Waals surface area contributed by atoms with Crippen LogP contribution in [0.1, 0.15) is 5.82 Å². The zero-order chi connectivity index (χ0) is 15.9. The van der Waals surface area contributed by atoms with Crippen LogP contribution in [0.4, 0.5) is 0 Å². The summed E-state index contributed by atoms with van der Waals surface area (Å²) in [6, 6.07) is 7.13. The average molecular weight is 340 g/mol. The summed E-state index contributed by atoms with van der Waals surface area (Å²) in [7, 11) is 0. The lowest BCUT2D eigenvalue weighted by Crippen LogP contribution is -2.08. The van der Waals surface area contributed by atoms with Gasteiger partial charge in [0.25, 0.3) is 0 Å². The van der Waals surface area contributed by atoms with Crippen LogP contribution in [-0.2, 0) is 17.9 Å². The molecule has 1 N–H and O–H groups in total. The number of hydrogen-bond acceptors (Lipinski definition) is 5. The summed E-state index contributed by atoms with van der Waals surface area (Å²) in [6.45, 7) is 4.33. The molecule has 0 saturated carbocycles. The number of ether oxygens (including phenoxy) is 1. The molecule has 1 aromatic heterocycles. The number of halogens is 1. The molecule has 2 aromatic rings. The van der Waals surface area contributed by atoms with E-state index in [4.69, 9.17) is 21.4 Å². The van der Waals surface area contributed by atoms with Crippen LogP contribution in [0.3, 0.4) is 0 Å².